The molecule has 0 bridgehead atoms. The Bertz CT molecular complexity index is 647. The van der Waals surface area contributed by atoms with Crippen LogP contribution in [-0.2, 0) is 39.3 Å². The number of alkyl halides is 2. The van der Waals surface area contributed by atoms with Crippen LogP contribution in [0.4, 0.5) is 8.78 Å². The van der Waals surface area contributed by atoms with Gasteiger partial charge in [0.05, 0.1) is 6.54 Å². The Hall–Kier alpha value is -0.716. The van der Waals surface area contributed by atoms with Gasteiger partial charge in [-0.05, 0) is 18.4 Å². The van der Waals surface area contributed by atoms with E-state index in [4.69, 9.17) is 4.74 Å². The van der Waals surface area contributed by atoms with Crippen molar-refractivity contribution in [2.75, 3.05) is 12.2 Å². The zero-order chi connectivity index (χ0) is 15.2. The van der Waals surface area contributed by atoms with Gasteiger partial charge in [0.25, 0.3) is 6.43 Å². The summed E-state index contributed by atoms with van der Waals surface area (Å²) in [5, 5.41) is 0. The first-order chi connectivity index (χ1) is 10.1. The minimum atomic E-state index is -2.60. The molecule has 0 atom stereocenters. The third-order valence-corrected chi connectivity index (χ3v) is 3.13. The molecule has 1 radical (unpaired) electrons. The van der Waals surface area contributed by atoms with Crippen molar-refractivity contribution in [3.63, 3.8) is 0 Å². The molecule has 0 unspecified atom stereocenters. The van der Waals surface area contributed by atoms with Gasteiger partial charge in [-0.1, -0.05) is 17.3 Å². The van der Waals surface area contributed by atoms with E-state index in [1.807, 2.05) is 6.26 Å². The van der Waals surface area contributed by atoms with E-state index in [-0.39, 0.29) is 32.7 Å². The van der Waals surface area contributed by atoms with Crippen molar-refractivity contribution in [2.45, 2.75) is 13.0 Å². The van der Waals surface area contributed by atoms with Crippen LogP contribution in [-0.4, -0.2) is 23.2 Å². The number of pyridine rings is 1. The number of hydrogen-bond acceptors (Lipinski definition) is 3. The van der Waals surface area contributed by atoms with Crippen molar-refractivity contribution in [3.05, 3.63) is 52.8 Å². The van der Waals surface area contributed by atoms with Gasteiger partial charge in [0.2, 0.25) is 0 Å². The smallest absolute Gasteiger partial charge is 0.256 e. The molecule has 2 aromatic rings. The molecule has 22 heavy (non-hydrogen) atoms. The molecule has 115 valence electrons. The summed E-state index contributed by atoms with van der Waals surface area (Å²) in [7, 11) is 0. The molecule has 0 N–H and O–H groups in total. The number of thioether (sulfide) groups is 1. The van der Waals surface area contributed by atoms with Gasteiger partial charge in [-0.25, -0.2) is 8.78 Å². The average Bonchev–Trinajstić information content (AvgIpc) is 2.47. The van der Waals surface area contributed by atoms with Crippen LogP contribution < -0.4 is 10.3 Å². The molecular formula is C15H14F2NO2SY-. The van der Waals surface area contributed by atoms with Crippen LogP contribution >= 0.6 is 11.8 Å². The van der Waals surface area contributed by atoms with E-state index in [9.17, 15) is 13.6 Å². The summed E-state index contributed by atoms with van der Waals surface area (Å²) in [5.41, 5.74) is 0.524. The summed E-state index contributed by atoms with van der Waals surface area (Å²) in [6.45, 7) is -0.643. The summed E-state index contributed by atoms with van der Waals surface area (Å²) in [4.78, 5) is 11.7. The van der Waals surface area contributed by atoms with Crippen LogP contribution in [0.3, 0.4) is 0 Å². The van der Waals surface area contributed by atoms with Gasteiger partial charge < -0.3 is 9.30 Å². The summed E-state index contributed by atoms with van der Waals surface area (Å²) < 4.78 is 31.7. The SMILES string of the molecule is CSCOc1ccc(-c2[c-]ccc(=O)n2CC(F)F)cc1.[Y]. The molecule has 2 rings (SSSR count). The number of benzene rings is 1. The van der Waals surface area contributed by atoms with Crippen LogP contribution in [0.25, 0.3) is 11.3 Å². The van der Waals surface area contributed by atoms with Gasteiger partial charge in [-0.3, -0.25) is 4.79 Å². The zero-order valence-electron chi connectivity index (χ0n) is 12.0. The number of rotatable bonds is 6. The first-order valence-corrected chi connectivity index (χ1v) is 7.63. The maximum atomic E-state index is 12.6. The number of nitrogens with zero attached hydrogens (tertiary/aromatic N) is 1. The molecule has 1 heterocycles. The summed E-state index contributed by atoms with van der Waals surface area (Å²) in [6.07, 6.45) is -0.669. The van der Waals surface area contributed by atoms with Crippen molar-refractivity contribution in [1.82, 2.24) is 4.57 Å². The molecule has 0 saturated carbocycles. The van der Waals surface area contributed by atoms with E-state index in [0.717, 1.165) is 4.57 Å². The molecule has 1 aromatic heterocycles. The summed E-state index contributed by atoms with van der Waals surface area (Å²) in [5.74, 6) is 1.22. The minimum Gasteiger partial charge on any atom is -0.483 e. The fourth-order valence-corrected chi connectivity index (χ4v) is 2.12. The Morgan fingerprint density at radius 3 is 2.55 bits per heavy atom. The third kappa shape index (κ3) is 5.18. The van der Waals surface area contributed by atoms with Crippen LogP contribution in [0, 0.1) is 6.07 Å². The van der Waals surface area contributed by atoms with Gasteiger partial charge in [0, 0.05) is 32.7 Å². The normalized spacial score (nSPS) is 10.4. The van der Waals surface area contributed by atoms with Crippen molar-refractivity contribution in [2.24, 2.45) is 0 Å². The standard InChI is InChI=1S/C15H14F2NO2S.Y/c1-21-10-20-12-7-5-11(6-8-12)13-3-2-4-15(19)18(13)9-14(16)17;/h2,4-8,14H,9-10H2,1H3;/q-1;. The maximum Gasteiger partial charge on any atom is 0.256 e. The average molecular weight is 399 g/mol. The van der Waals surface area contributed by atoms with E-state index in [0.29, 0.717) is 22.9 Å². The Balaban J connectivity index is 0.00000242. The van der Waals surface area contributed by atoms with E-state index in [1.54, 1.807) is 36.0 Å². The Labute approximate surface area is 156 Å². The molecule has 0 aliphatic rings. The van der Waals surface area contributed by atoms with Crippen LogP contribution in [0.15, 0.2) is 41.2 Å². The monoisotopic (exact) mass is 399 g/mol. The zero-order valence-corrected chi connectivity index (χ0v) is 15.6. The van der Waals surface area contributed by atoms with Crippen LogP contribution in [0.1, 0.15) is 0 Å². The number of halogens is 2. The molecule has 1 aromatic carbocycles. The molecule has 0 amide bonds. The minimum absolute atomic E-state index is 0. The Morgan fingerprint density at radius 2 is 1.95 bits per heavy atom. The van der Waals surface area contributed by atoms with E-state index in [2.05, 4.69) is 6.07 Å². The van der Waals surface area contributed by atoms with Gasteiger partial charge in [-0.2, -0.15) is 12.1 Å². The quantitative estimate of drug-likeness (QED) is 0.552. The van der Waals surface area contributed by atoms with Gasteiger partial charge >= 0.3 is 0 Å². The second-order valence-electron chi connectivity index (χ2n) is 4.24. The largest absolute Gasteiger partial charge is 0.483 e. The second-order valence-corrected chi connectivity index (χ2v) is 5.05. The second kappa shape index (κ2) is 9.43. The molecule has 3 nitrogen and oxygen atoms in total. The fraction of sp³-hybridized carbons (Fsp3) is 0.267. The molecule has 0 aliphatic carbocycles. The fourth-order valence-electron chi connectivity index (χ4n) is 1.86. The number of ether oxygens (including phenoxy) is 1. The number of hydrogen-bond donors (Lipinski definition) is 0. The van der Waals surface area contributed by atoms with E-state index >= 15 is 0 Å². The number of aromatic nitrogens is 1. The van der Waals surface area contributed by atoms with E-state index < -0.39 is 18.5 Å². The van der Waals surface area contributed by atoms with Gasteiger partial charge in [0.1, 0.15) is 11.7 Å². The van der Waals surface area contributed by atoms with Crippen molar-refractivity contribution in [3.8, 4) is 17.0 Å². The molecule has 0 fully saturated rings. The molecule has 7 heteroatoms. The first-order valence-electron chi connectivity index (χ1n) is 6.23. The van der Waals surface area contributed by atoms with Crippen molar-refractivity contribution in [1.29, 1.82) is 0 Å². The summed E-state index contributed by atoms with van der Waals surface area (Å²) in [6, 6.07) is 12.4. The van der Waals surface area contributed by atoms with Crippen LogP contribution in [0.5, 0.6) is 5.75 Å². The van der Waals surface area contributed by atoms with Gasteiger partial charge in [0.15, 0.2) is 5.56 Å². The van der Waals surface area contributed by atoms with Crippen molar-refractivity contribution < 1.29 is 46.2 Å². The maximum absolute atomic E-state index is 12.6. The first kappa shape index (κ1) is 19.3. The predicted octanol–water partition coefficient (Wildman–Crippen LogP) is 3.28. The topological polar surface area (TPSA) is 31.2 Å². The third-order valence-electron chi connectivity index (χ3n) is 2.77. The summed E-state index contributed by atoms with van der Waals surface area (Å²) >= 11 is 1.55. The molecule has 0 aliphatic heterocycles. The van der Waals surface area contributed by atoms with Gasteiger partial charge in [-0.15, -0.1) is 23.9 Å². The predicted molar refractivity (Wildman–Crippen MR) is 80.0 cm³/mol. The molecule has 0 spiro atoms. The Morgan fingerprint density at radius 1 is 1.27 bits per heavy atom. The van der Waals surface area contributed by atoms with Crippen LogP contribution in [0.2, 0.25) is 0 Å². The van der Waals surface area contributed by atoms with Crippen molar-refractivity contribution >= 4 is 11.8 Å². The molecular weight excluding hydrogens is 385 g/mol. The van der Waals surface area contributed by atoms with E-state index in [1.165, 1.54) is 12.1 Å². The molecule has 0 saturated heterocycles. The Kier molecular flexibility index (Phi) is 8.28.